The van der Waals surface area contributed by atoms with Gasteiger partial charge in [0.25, 0.3) is 0 Å². The van der Waals surface area contributed by atoms with E-state index in [4.69, 9.17) is 0 Å². The average molecular weight is 217 g/mol. The Bertz CT molecular complexity index is 173. The number of hydrogen-bond donors (Lipinski definition) is 2. The Morgan fingerprint density at radius 2 is 2.21 bits per heavy atom. The van der Waals surface area contributed by atoms with Crippen molar-refractivity contribution in [2.75, 3.05) is 18.1 Å². The van der Waals surface area contributed by atoms with Crippen molar-refractivity contribution in [1.82, 2.24) is 5.32 Å². The van der Waals surface area contributed by atoms with E-state index in [2.05, 4.69) is 26.1 Å². The van der Waals surface area contributed by atoms with E-state index >= 15 is 0 Å². The molecule has 2 N–H and O–H groups in total. The van der Waals surface area contributed by atoms with Crippen molar-refractivity contribution in [3.05, 3.63) is 0 Å². The average Bonchev–Trinajstić information content (AvgIpc) is 2.16. The first-order valence-electron chi connectivity index (χ1n) is 5.58. The smallest absolute Gasteiger partial charge is 0.0621 e. The molecule has 0 heterocycles. The first-order chi connectivity index (χ1) is 6.59. The predicted octanol–water partition coefficient (Wildman–Crippen LogP) is 1.88. The van der Waals surface area contributed by atoms with E-state index < -0.39 is 0 Å². The second-order valence-corrected chi connectivity index (χ2v) is 6.02. The standard InChI is InChI=1S/C11H23NOS/c1-4-14-7-5-6-12-9-8-10(13)11(9,2)3/h9-10,12-13H,4-8H2,1-3H3. The van der Waals surface area contributed by atoms with Crippen molar-refractivity contribution in [2.24, 2.45) is 5.41 Å². The SMILES string of the molecule is CCSCCCNC1CC(O)C1(C)C. The molecule has 1 aliphatic rings. The van der Waals surface area contributed by atoms with Crippen molar-refractivity contribution in [3.8, 4) is 0 Å². The number of thioether (sulfide) groups is 1. The Labute approximate surface area is 91.9 Å². The van der Waals surface area contributed by atoms with Gasteiger partial charge in [-0.2, -0.15) is 11.8 Å². The van der Waals surface area contributed by atoms with Crippen LogP contribution in [0, 0.1) is 5.41 Å². The maximum absolute atomic E-state index is 9.54. The number of nitrogens with one attached hydrogen (secondary N) is 1. The monoisotopic (exact) mass is 217 g/mol. The van der Waals surface area contributed by atoms with Gasteiger partial charge in [-0.15, -0.1) is 0 Å². The fraction of sp³-hybridized carbons (Fsp3) is 1.00. The zero-order valence-electron chi connectivity index (χ0n) is 9.55. The molecular weight excluding hydrogens is 194 g/mol. The van der Waals surface area contributed by atoms with Crippen LogP contribution < -0.4 is 5.32 Å². The molecule has 0 aromatic carbocycles. The number of aliphatic hydroxyl groups excluding tert-OH is 1. The highest BCUT2D eigenvalue weighted by atomic mass is 32.2. The summed E-state index contributed by atoms with van der Waals surface area (Å²) in [7, 11) is 0. The van der Waals surface area contributed by atoms with E-state index in [1.165, 1.54) is 17.9 Å². The van der Waals surface area contributed by atoms with Crippen LogP contribution in [0.4, 0.5) is 0 Å². The molecule has 2 unspecified atom stereocenters. The fourth-order valence-corrected chi connectivity index (χ4v) is 2.48. The molecule has 1 aliphatic carbocycles. The van der Waals surface area contributed by atoms with Crippen molar-refractivity contribution in [1.29, 1.82) is 0 Å². The third kappa shape index (κ3) is 2.88. The third-order valence-electron chi connectivity index (χ3n) is 3.28. The molecule has 0 bridgehead atoms. The highest BCUT2D eigenvalue weighted by Gasteiger charge is 2.46. The summed E-state index contributed by atoms with van der Waals surface area (Å²) in [6.07, 6.45) is 2.06. The van der Waals surface area contributed by atoms with Crippen LogP contribution in [0.15, 0.2) is 0 Å². The maximum Gasteiger partial charge on any atom is 0.0621 e. The molecule has 14 heavy (non-hydrogen) atoms. The molecule has 0 amide bonds. The largest absolute Gasteiger partial charge is 0.392 e. The normalized spacial score (nSPS) is 30.0. The molecule has 0 aromatic heterocycles. The van der Waals surface area contributed by atoms with Crippen molar-refractivity contribution in [2.45, 2.75) is 45.8 Å². The second kappa shape index (κ2) is 5.38. The summed E-state index contributed by atoms with van der Waals surface area (Å²) in [4.78, 5) is 0. The Morgan fingerprint density at radius 3 is 2.71 bits per heavy atom. The fourth-order valence-electron chi connectivity index (χ4n) is 1.84. The van der Waals surface area contributed by atoms with Crippen LogP contribution in [-0.2, 0) is 0 Å². The zero-order valence-corrected chi connectivity index (χ0v) is 10.4. The van der Waals surface area contributed by atoms with Gasteiger partial charge >= 0.3 is 0 Å². The predicted molar refractivity (Wildman–Crippen MR) is 63.8 cm³/mol. The summed E-state index contributed by atoms with van der Waals surface area (Å²) in [5, 5.41) is 13.1. The molecule has 1 rings (SSSR count). The van der Waals surface area contributed by atoms with Crippen molar-refractivity contribution in [3.63, 3.8) is 0 Å². The van der Waals surface area contributed by atoms with Gasteiger partial charge < -0.3 is 10.4 Å². The van der Waals surface area contributed by atoms with E-state index in [0.29, 0.717) is 6.04 Å². The van der Waals surface area contributed by atoms with Crippen LogP contribution >= 0.6 is 11.8 Å². The Kier molecular flexibility index (Phi) is 4.74. The Hall–Kier alpha value is 0.270. The highest BCUT2D eigenvalue weighted by Crippen LogP contribution is 2.40. The van der Waals surface area contributed by atoms with E-state index in [9.17, 15) is 5.11 Å². The summed E-state index contributed by atoms with van der Waals surface area (Å²) in [5.41, 5.74) is 0.0812. The van der Waals surface area contributed by atoms with Gasteiger partial charge in [0, 0.05) is 11.5 Å². The lowest BCUT2D eigenvalue weighted by atomic mass is 9.64. The third-order valence-corrected chi connectivity index (χ3v) is 4.26. The van der Waals surface area contributed by atoms with E-state index in [0.717, 1.165) is 13.0 Å². The summed E-state index contributed by atoms with van der Waals surface area (Å²) in [5.74, 6) is 2.47. The van der Waals surface area contributed by atoms with Gasteiger partial charge in [0.2, 0.25) is 0 Å². The van der Waals surface area contributed by atoms with Crippen LogP contribution in [0.5, 0.6) is 0 Å². The minimum Gasteiger partial charge on any atom is -0.392 e. The maximum atomic E-state index is 9.54. The van der Waals surface area contributed by atoms with Crippen LogP contribution in [0.3, 0.4) is 0 Å². The minimum atomic E-state index is -0.106. The molecular formula is C11H23NOS. The molecule has 3 heteroatoms. The first kappa shape index (κ1) is 12.3. The minimum absolute atomic E-state index is 0.0812. The zero-order chi connectivity index (χ0) is 10.6. The molecule has 0 saturated heterocycles. The summed E-state index contributed by atoms with van der Waals surface area (Å²) < 4.78 is 0. The second-order valence-electron chi connectivity index (χ2n) is 4.63. The quantitative estimate of drug-likeness (QED) is 0.666. The number of aliphatic hydroxyl groups is 1. The molecule has 2 atom stereocenters. The number of hydrogen-bond acceptors (Lipinski definition) is 3. The van der Waals surface area contributed by atoms with Crippen molar-refractivity contribution < 1.29 is 5.11 Å². The summed E-state index contributed by atoms with van der Waals surface area (Å²) in [6.45, 7) is 7.57. The van der Waals surface area contributed by atoms with E-state index in [1.54, 1.807) is 0 Å². The van der Waals surface area contributed by atoms with Gasteiger partial charge in [-0.3, -0.25) is 0 Å². The molecule has 2 nitrogen and oxygen atoms in total. The first-order valence-corrected chi connectivity index (χ1v) is 6.73. The molecule has 0 spiro atoms. The summed E-state index contributed by atoms with van der Waals surface area (Å²) in [6, 6.07) is 0.518. The van der Waals surface area contributed by atoms with Gasteiger partial charge in [-0.05, 0) is 30.9 Å². The van der Waals surface area contributed by atoms with Crippen LogP contribution in [0.25, 0.3) is 0 Å². The van der Waals surface area contributed by atoms with Crippen molar-refractivity contribution >= 4 is 11.8 Å². The van der Waals surface area contributed by atoms with Gasteiger partial charge in [0.05, 0.1) is 6.10 Å². The lowest BCUT2D eigenvalue weighted by Gasteiger charge is -2.49. The highest BCUT2D eigenvalue weighted by molar-refractivity contribution is 7.99. The molecule has 1 saturated carbocycles. The lowest BCUT2D eigenvalue weighted by Crippen LogP contribution is -2.60. The molecule has 1 fully saturated rings. The molecule has 0 radical (unpaired) electrons. The molecule has 0 aromatic rings. The Balaban J connectivity index is 2.03. The van der Waals surface area contributed by atoms with Gasteiger partial charge in [-0.25, -0.2) is 0 Å². The van der Waals surface area contributed by atoms with Gasteiger partial charge in [0.15, 0.2) is 0 Å². The van der Waals surface area contributed by atoms with Crippen LogP contribution in [-0.4, -0.2) is 35.3 Å². The van der Waals surface area contributed by atoms with E-state index in [1.807, 2.05) is 11.8 Å². The van der Waals surface area contributed by atoms with Gasteiger partial charge in [-0.1, -0.05) is 20.8 Å². The van der Waals surface area contributed by atoms with Crippen LogP contribution in [0.1, 0.15) is 33.6 Å². The number of rotatable bonds is 6. The summed E-state index contributed by atoms with van der Waals surface area (Å²) >= 11 is 2.00. The molecule has 0 aliphatic heterocycles. The molecule has 84 valence electrons. The Morgan fingerprint density at radius 1 is 1.50 bits per heavy atom. The topological polar surface area (TPSA) is 32.3 Å². The van der Waals surface area contributed by atoms with E-state index in [-0.39, 0.29) is 11.5 Å². The lowest BCUT2D eigenvalue weighted by molar-refractivity contribution is -0.0721. The van der Waals surface area contributed by atoms with Crippen LogP contribution in [0.2, 0.25) is 0 Å². The van der Waals surface area contributed by atoms with Gasteiger partial charge in [0.1, 0.15) is 0 Å².